The van der Waals surface area contributed by atoms with E-state index < -0.39 is 0 Å². The van der Waals surface area contributed by atoms with Crippen LogP contribution < -0.4 is 0 Å². The normalized spacial score (nSPS) is 25.4. The van der Waals surface area contributed by atoms with Crippen molar-refractivity contribution in [3.63, 3.8) is 0 Å². The first kappa shape index (κ1) is 16.2. The molecule has 2 fully saturated rings. The molecule has 1 amide bonds. The average Bonchev–Trinajstić information content (AvgIpc) is 3.24. The Bertz CT molecular complexity index is 764. The zero-order valence-electron chi connectivity index (χ0n) is 14.0. The number of halogens is 1. The maximum Gasteiger partial charge on any atom is 0.229 e. The van der Waals surface area contributed by atoms with E-state index in [1.807, 2.05) is 0 Å². The fraction of sp³-hybridized carbons (Fsp3) is 0.500. The number of ether oxygens (including phenoxy) is 1. The molecule has 0 bridgehead atoms. The molecule has 4 rings (SSSR count). The molecular weight excluding hydrogens is 325 g/mol. The molecule has 0 saturated carbocycles. The van der Waals surface area contributed by atoms with Crippen molar-refractivity contribution in [1.82, 2.24) is 15.0 Å². The highest BCUT2D eigenvalue weighted by Gasteiger charge is 2.43. The van der Waals surface area contributed by atoms with Crippen LogP contribution in [-0.4, -0.2) is 46.2 Å². The van der Waals surface area contributed by atoms with E-state index in [0.717, 1.165) is 6.42 Å². The van der Waals surface area contributed by atoms with Gasteiger partial charge in [0, 0.05) is 19.0 Å². The van der Waals surface area contributed by atoms with Crippen LogP contribution in [-0.2, 0) is 22.4 Å². The van der Waals surface area contributed by atoms with Crippen LogP contribution in [0.1, 0.15) is 23.7 Å². The maximum atomic E-state index is 13.7. The minimum Gasteiger partial charge on any atom is -0.372 e. The zero-order chi connectivity index (χ0) is 17.4. The number of rotatable bonds is 4. The summed E-state index contributed by atoms with van der Waals surface area (Å²) >= 11 is 0. The SMILES string of the molecule is Cc1noc(C[C@@H]2C[C@H]3CN(C(=O)Cc4ccccc4F)C[C@H]3O2)n1. The van der Waals surface area contributed by atoms with Crippen LogP contribution in [0.25, 0.3) is 0 Å². The van der Waals surface area contributed by atoms with Crippen LogP contribution in [0.15, 0.2) is 28.8 Å². The summed E-state index contributed by atoms with van der Waals surface area (Å²) in [5.41, 5.74) is 0.440. The van der Waals surface area contributed by atoms with Gasteiger partial charge in [-0.15, -0.1) is 0 Å². The third-order valence-electron chi connectivity index (χ3n) is 4.94. The lowest BCUT2D eigenvalue weighted by Gasteiger charge is -2.19. The largest absolute Gasteiger partial charge is 0.372 e. The van der Waals surface area contributed by atoms with Gasteiger partial charge in [-0.3, -0.25) is 4.79 Å². The van der Waals surface area contributed by atoms with Crippen LogP contribution in [0.5, 0.6) is 0 Å². The van der Waals surface area contributed by atoms with Gasteiger partial charge in [0.15, 0.2) is 5.82 Å². The Morgan fingerprint density at radius 3 is 2.92 bits per heavy atom. The highest BCUT2D eigenvalue weighted by Crippen LogP contribution is 2.34. The number of hydrogen-bond acceptors (Lipinski definition) is 5. The second-order valence-corrected chi connectivity index (χ2v) is 6.80. The lowest BCUT2D eigenvalue weighted by Crippen LogP contribution is -2.33. The van der Waals surface area contributed by atoms with Gasteiger partial charge in [0.2, 0.25) is 11.8 Å². The van der Waals surface area contributed by atoms with Crippen molar-refractivity contribution in [2.45, 2.75) is 38.4 Å². The fourth-order valence-electron chi connectivity index (χ4n) is 3.73. The molecule has 6 nitrogen and oxygen atoms in total. The molecular formula is C18H20FN3O3. The summed E-state index contributed by atoms with van der Waals surface area (Å²) < 4.78 is 24.9. The van der Waals surface area contributed by atoms with E-state index >= 15 is 0 Å². The van der Waals surface area contributed by atoms with Crippen molar-refractivity contribution in [3.8, 4) is 0 Å². The molecule has 0 spiro atoms. The lowest BCUT2D eigenvalue weighted by molar-refractivity contribution is -0.130. The van der Waals surface area contributed by atoms with Crippen molar-refractivity contribution in [1.29, 1.82) is 0 Å². The van der Waals surface area contributed by atoms with Crippen LogP contribution in [0.4, 0.5) is 4.39 Å². The van der Waals surface area contributed by atoms with Gasteiger partial charge in [-0.2, -0.15) is 4.98 Å². The first-order chi connectivity index (χ1) is 12.1. The van der Waals surface area contributed by atoms with E-state index in [4.69, 9.17) is 9.26 Å². The summed E-state index contributed by atoms with van der Waals surface area (Å²) in [6.07, 6.45) is 1.67. The lowest BCUT2D eigenvalue weighted by atomic mass is 10.0. The molecule has 0 aliphatic carbocycles. The molecule has 0 N–H and O–H groups in total. The van der Waals surface area contributed by atoms with Gasteiger partial charge in [-0.1, -0.05) is 23.4 Å². The third-order valence-corrected chi connectivity index (χ3v) is 4.94. The van der Waals surface area contributed by atoms with Gasteiger partial charge in [0.05, 0.1) is 25.0 Å². The molecule has 1 aromatic heterocycles. The molecule has 2 aromatic rings. The Morgan fingerprint density at radius 2 is 2.20 bits per heavy atom. The summed E-state index contributed by atoms with van der Waals surface area (Å²) in [6, 6.07) is 6.41. The summed E-state index contributed by atoms with van der Waals surface area (Å²) in [7, 11) is 0. The molecule has 2 aliphatic heterocycles. The summed E-state index contributed by atoms with van der Waals surface area (Å²) in [4.78, 5) is 18.4. The van der Waals surface area contributed by atoms with E-state index in [2.05, 4.69) is 10.1 Å². The molecule has 3 heterocycles. The maximum absolute atomic E-state index is 13.7. The molecule has 1 aromatic carbocycles. The summed E-state index contributed by atoms with van der Waals surface area (Å²) in [5.74, 6) is 1.15. The predicted octanol–water partition coefficient (Wildman–Crippen LogP) is 1.92. The van der Waals surface area contributed by atoms with Crippen LogP contribution in [0.2, 0.25) is 0 Å². The van der Waals surface area contributed by atoms with Crippen molar-refractivity contribution >= 4 is 5.91 Å². The van der Waals surface area contributed by atoms with Gasteiger partial charge in [-0.25, -0.2) is 4.39 Å². The third kappa shape index (κ3) is 3.42. The van der Waals surface area contributed by atoms with Gasteiger partial charge in [-0.05, 0) is 25.0 Å². The van der Waals surface area contributed by atoms with Gasteiger partial charge >= 0.3 is 0 Å². The van der Waals surface area contributed by atoms with Gasteiger partial charge in [0.1, 0.15) is 5.82 Å². The minimum atomic E-state index is -0.332. The topological polar surface area (TPSA) is 68.5 Å². The summed E-state index contributed by atoms with van der Waals surface area (Å²) in [5, 5.41) is 3.79. The van der Waals surface area contributed by atoms with E-state index in [1.165, 1.54) is 6.07 Å². The van der Waals surface area contributed by atoms with Gasteiger partial charge < -0.3 is 14.2 Å². The highest BCUT2D eigenvalue weighted by molar-refractivity contribution is 5.79. The molecule has 0 unspecified atom stereocenters. The average molecular weight is 345 g/mol. The Kier molecular flexibility index (Phi) is 4.25. The van der Waals surface area contributed by atoms with Crippen molar-refractivity contribution in [2.24, 2.45) is 5.92 Å². The van der Waals surface area contributed by atoms with E-state index in [9.17, 15) is 9.18 Å². The standard InChI is InChI=1S/C18H20FN3O3/c1-11-20-17(25-21-11)8-14-6-13-9-22(10-16(13)24-14)18(23)7-12-4-2-3-5-15(12)19/h2-5,13-14,16H,6-10H2,1H3/t13-,14-,16+/m0/s1. The number of carbonyl (C=O) groups is 1. The number of aryl methyl sites for hydroxylation is 1. The number of fused-ring (bicyclic) bond motifs is 1. The van der Waals surface area contributed by atoms with E-state index in [-0.39, 0.29) is 30.4 Å². The van der Waals surface area contributed by atoms with Crippen molar-refractivity contribution in [3.05, 3.63) is 47.4 Å². The minimum absolute atomic E-state index is 0.0404. The van der Waals surface area contributed by atoms with E-state index in [0.29, 0.717) is 42.7 Å². The number of hydrogen-bond donors (Lipinski definition) is 0. The monoisotopic (exact) mass is 345 g/mol. The second kappa shape index (κ2) is 6.55. The molecule has 3 atom stereocenters. The number of carbonyl (C=O) groups excluding carboxylic acids is 1. The quantitative estimate of drug-likeness (QED) is 0.847. The van der Waals surface area contributed by atoms with E-state index in [1.54, 1.807) is 30.0 Å². The van der Waals surface area contributed by atoms with Gasteiger partial charge in [0.25, 0.3) is 0 Å². The van der Waals surface area contributed by atoms with Crippen LogP contribution in [0, 0.1) is 18.7 Å². The molecule has 2 saturated heterocycles. The Balaban J connectivity index is 1.31. The summed E-state index contributed by atoms with van der Waals surface area (Å²) in [6.45, 7) is 3.02. The zero-order valence-corrected chi connectivity index (χ0v) is 14.0. The molecule has 2 aliphatic rings. The molecule has 25 heavy (non-hydrogen) atoms. The highest BCUT2D eigenvalue weighted by atomic mass is 19.1. The number of nitrogens with zero attached hydrogens (tertiary/aromatic N) is 3. The number of likely N-dealkylation sites (tertiary alicyclic amines) is 1. The number of aromatic nitrogens is 2. The Hall–Kier alpha value is -2.28. The Morgan fingerprint density at radius 1 is 1.36 bits per heavy atom. The smallest absolute Gasteiger partial charge is 0.229 e. The number of benzene rings is 1. The second-order valence-electron chi connectivity index (χ2n) is 6.80. The first-order valence-electron chi connectivity index (χ1n) is 8.54. The first-order valence-corrected chi connectivity index (χ1v) is 8.54. The fourth-order valence-corrected chi connectivity index (χ4v) is 3.73. The van der Waals surface area contributed by atoms with Crippen LogP contribution >= 0.6 is 0 Å². The van der Waals surface area contributed by atoms with Crippen LogP contribution in [0.3, 0.4) is 0 Å². The van der Waals surface area contributed by atoms with Crippen molar-refractivity contribution in [2.75, 3.05) is 13.1 Å². The number of amides is 1. The molecule has 0 radical (unpaired) electrons. The molecule has 7 heteroatoms. The Labute approximate surface area is 145 Å². The predicted molar refractivity (Wildman–Crippen MR) is 86.2 cm³/mol. The molecule has 132 valence electrons. The van der Waals surface area contributed by atoms with Crippen molar-refractivity contribution < 1.29 is 18.4 Å².